The lowest BCUT2D eigenvalue weighted by molar-refractivity contribution is -0.231. The zero-order valence-corrected chi connectivity index (χ0v) is 44.2. The van der Waals surface area contributed by atoms with Gasteiger partial charge in [0.1, 0.15) is 68.5 Å². The number of benzene rings is 4. The van der Waals surface area contributed by atoms with E-state index in [1.165, 1.54) is 47.1 Å². The Balaban J connectivity index is 0.000000234. The fourth-order valence-electron chi connectivity index (χ4n) is 6.39. The topological polar surface area (TPSA) is 278 Å². The van der Waals surface area contributed by atoms with Crippen molar-refractivity contribution in [3.05, 3.63) is 148 Å². The molecule has 1 aliphatic rings. The lowest BCUT2D eigenvalue weighted by Crippen LogP contribution is -2.55. The molecule has 0 spiro atoms. The number of hydrogen-bond donors (Lipinski definition) is 7. The maximum atomic E-state index is 12.3. The van der Waals surface area contributed by atoms with Crippen LogP contribution < -0.4 is 10.6 Å². The number of aromatic carboxylic acids is 1. The molecule has 8 rings (SSSR count). The quantitative estimate of drug-likeness (QED) is 0.0902. The van der Waals surface area contributed by atoms with E-state index in [1.54, 1.807) is 79.7 Å². The van der Waals surface area contributed by atoms with E-state index in [0.717, 1.165) is 20.1 Å². The lowest BCUT2D eigenvalue weighted by Gasteiger charge is -2.40. The number of nitrogens with one attached hydrogen (secondary N) is 2. The van der Waals surface area contributed by atoms with E-state index in [9.17, 15) is 34.8 Å². The number of halogens is 5. The van der Waals surface area contributed by atoms with Crippen LogP contribution in [-0.4, -0.2) is 133 Å². The first kappa shape index (κ1) is 54.3. The molecule has 3 aromatic heterocycles. The molecule has 0 unspecified atom stereocenters. The number of carboxylic acids is 1. The Kier molecular flexibility index (Phi) is 21.6. The minimum atomic E-state index is -1.46. The van der Waals surface area contributed by atoms with Crippen LogP contribution in [0.4, 0.5) is 0 Å². The average Bonchev–Trinajstić information content (AvgIpc) is 4.17. The summed E-state index contributed by atoms with van der Waals surface area (Å²) in [6.07, 6.45) is 2.47. The van der Waals surface area contributed by atoms with Crippen LogP contribution in [0.5, 0.6) is 0 Å². The van der Waals surface area contributed by atoms with Crippen molar-refractivity contribution in [2.75, 3.05) is 20.7 Å². The first-order valence-electron chi connectivity index (χ1n) is 18.9. The molecule has 0 radical (unpaired) electrons. The molecular weight excluding hydrogens is 1330 g/mol. The minimum Gasteiger partial charge on any atom is -0.478 e. The van der Waals surface area contributed by atoms with E-state index in [-0.39, 0.29) is 41.4 Å². The number of hydrogen-bond acceptors (Lipinski definition) is 14. The average molecular weight is 1370 g/mol. The predicted octanol–water partition coefficient (Wildman–Crippen LogP) is 5.32. The molecule has 2 amide bonds. The highest BCUT2D eigenvalue weighted by Crippen LogP contribution is 2.35. The summed E-state index contributed by atoms with van der Waals surface area (Å²) in [4.78, 5) is 46.5. The zero-order chi connectivity index (χ0) is 47.2. The summed E-state index contributed by atoms with van der Waals surface area (Å²) < 4.78 is 11.8. The second-order valence-corrected chi connectivity index (χ2v) is 15.2. The molecule has 5 atom stereocenters. The van der Waals surface area contributed by atoms with Gasteiger partial charge in [-0.3, -0.25) is 9.59 Å². The first-order valence-corrected chi connectivity index (χ1v) is 26.7. The molecular formula is C41H40Br2I3N11O9. The molecule has 0 aliphatic carbocycles. The first-order chi connectivity index (χ1) is 31.3. The van der Waals surface area contributed by atoms with Crippen molar-refractivity contribution in [1.29, 1.82) is 0 Å². The predicted molar refractivity (Wildman–Crippen MR) is 275 cm³/mol. The number of rotatable bonds is 9. The maximum absolute atomic E-state index is 12.3. The summed E-state index contributed by atoms with van der Waals surface area (Å²) in [5.74, 6) is -1.41. The number of aromatic nitrogens is 9. The summed E-state index contributed by atoms with van der Waals surface area (Å²) in [5, 5.41) is 66.3. The van der Waals surface area contributed by atoms with Gasteiger partial charge in [0.05, 0.1) is 40.4 Å². The second kappa shape index (κ2) is 26.3. The van der Waals surface area contributed by atoms with Gasteiger partial charge >= 0.3 is 5.97 Å². The molecule has 1 fully saturated rings. The molecule has 0 saturated carbocycles. The van der Waals surface area contributed by atoms with Gasteiger partial charge in [-0.1, -0.05) is 56.1 Å². The van der Waals surface area contributed by atoms with E-state index >= 15 is 0 Å². The van der Waals surface area contributed by atoms with Gasteiger partial charge in [-0.25, -0.2) is 33.8 Å². The fraction of sp³-hybridized carbons (Fsp3) is 0.195. The van der Waals surface area contributed by atoms with Crippen LogP contribution in [0.15, 0.2) is 126 Å². The van der Waals surface area contributed by atoms with Crippen LogP contribution in [0.3, 0.4) is 0 Å². The third-order valence-corrected chi connectivity index (χ3v) is 10.5. The summed E-state index contributed by atoms with van der Waals surface area (Å²) in [7, 11) is 3.14. The number of carboxylic acid groups (broad SMARTS) is 1. The smallest absolute Gasteiger partial charge is 0.337 e. The number of carbonyl (C=O) groups is 3. The van der Waals surface area contributed by atoms with Gasteiger partial charge in [-0.15, -0.1) is 24.0 Å². The van der Waals surface area contributed by atoms with E-state index in [2.05, 4.69) is 110 Å². The Labute approximate surface area is 433 Å². The Bertz CT molecular complexity index is 2670. The summed E-state index contributed by atoms with van der Waals surface area (Å²) >= 11 is 10.9. The molecule has 348 valence electrons. The van der Waals surface area contributed by atoms with Crippen LogP contribution >= 0.6 is 93.1 Å². The van der Waals surface area contributed by atoms with Crippen molar-refractivity contribution in [2.24, 2.45) is 0 Å². The van der Waals surface area contributed by atoms with E-state index in [4.69, 9.17) is 9.84 Å². The third-order valence-electron chi connectivity index (χ3n) is 9.53. The van der Waals surface area contributed by atoms with Gasteiger partial charge in [0, 0.05) is 60.3 Å². The summed E-state index contributed by atoms with van der Waals surface area (Å²) in [6, 6.07) is 22.6. The van der Waals surface area contributed by atoms with E-state index in [1.807, 2.05) is 18.2 Å². The van der Waals surface area contributed by atoms with Crippen LogP contribution in [0, 0.1) is 0 Å². The number of carbonyl (C=O) groups excluding carboxylic acids is 2. The normalized spacial score (nSPS) is 17.2. The molecule has 20 nitrogen and oxygen atoms in total. The standard InChI is InChI=1S/C22H24N4O6.C10H9BrN4O.C9H6BrN3O2.I2.HI/c1-23-22(31)15-6-5-13(8-16(15)26-11-24-10-25-26)12-3-2-4-14(7-12)21-20(30)19(29)18(28)17(9-27)32-21;1-12-10(16)8-3-2-7(11)4-9(8)15-6-13-5-14-15;10-6-1-2-7(9(14)15)8(3-6)13-5-11-4-12-13;1-2;/h2-8,10-11,17-21,27-30H,9H2,1H3,(H,23,31);2-6H,1H3,(H,12,16);1-5H,(H,14,15);;1H/t17-,18-,19+,20+,21-;;;;/m1..../s1. The molecule has 7 N–H and O–H groups in total. The fourth-order valence-corrected chi connectivity index (χ4v) is 7.09. The van der Waals surface area contributed by atoms with Crippen molar-refractivity contribution in [3.63, 3.8) is 0 Å². The van der Waals surface area contributed by atoms with Gasteiger partial charge < -0.3 is 40.9 Å². The number of ether oxygens (including phenoxy) is 1. The summed E-state index contributed by atoms with van der Waals surface area (Å²) in [6.45, 7) is -0.497. The molecule has 1 aliphatic heterocycles. The number of amides is 2. The van der Waals surface area contributed by atoms with E-state index in [0.29, 0.717) is 33.8 Å². The number of aliphatic hydroxyl groups excluding tert-OH is 4. The summed E-state index contributed by atoms with van der Waals surface area (Å²) in [5.41, 5.74) is 4.97. The van der Waals surface area contributed by atoms with Gasteiger partial charge in [0.25, 0.3) is 11.8 Å². The van der Waals surface area contributed by atoms with Crippen molar-refractivity contribution in [3.8, 4) is 28.2 Å². The van der Waals surface area contributed by atoms with Crippen molar-refractivity contribution >= 4 is 111 Å². The molecule has 4 aromatic carbocycles. The van der Waals surface area contributed by atoms with Gasteiger partial charge in [0.2, 0.25) is 0 Å². The van der Waals surface area contributed by atoms with Crippen LogP contribution in [0.2, 0.25) is 0 Å². The Morgan fingerprint density at radius 1 is 0.652 bits per heavy atom. The monoisotopic (exact) mass is 1370 g/mol. The highest BCUT2D eigenvalue weighted by Gasteiger charge is 2.44. The lowest BCUT2D eigenvalue weighted by atomic mass is 9.90. The van der Waals surface area contributed by atoms with E-state index < -0.39 is 43.1 Å². The van der Waals surface area contributed by atoms with Gasteiger partial charge in [0.15, 0.2) is 0 Å². The highest BCUT2D eigenvalue weighted by molar-refractivity contribution is 15.0. The molecule has 25 heteroatoms. The molecule has 7 aromatic rings. The maximum Gasteiger partial charge on any atom is 0.337 e. The van der Waals surface area contributed by atoms with Crippen LogP contribution in [0.1, 0.15) is 42.7 Å². The van der Waals surface area contributed by atoms with Gasteiger partial charge in [-0.05, 0) is 71.3 Å². The molecule has 0 bridgehead atoms. The number of aliphatic hydroxyl groups is 4. The molecule has 4 heterocycles. The highest BCUT2D eigenvalue weighted by atomic mass is 128. The van der Waals surface area contributed by atoms with Crippen LogP contribution in [-0.2, 0) is 4.74 Å². The van der Waals surface area contributed by atoms with Crippen molar-refractivity contribution in [2.45, 2.75) is 30.5 Å². The minimum absolute atomic E-state index is 0. The molecule has 1 saturated heterocycles. The zero-order valence-electron chi connectivity index (χ0n) is 34.4. The van der Waals surface area contributed by atoms with Crippen LogP contribution in [0.25, 0.3) is 28.2 Å². The van der Waals surface area contributed by atoms with Crippen molar-refractivity contribution < 1.29 is 44.7 Å². The molecule has 66 heavy (non-hydrogen) atoms. The van der Waals surface area contributed by atoms with Crippen molar-refractivity contribution in [1.82, 2.24) is 54.9 Å². The largest absolute Gasteiger partial charge is 0.478 e. The number of nitrogens with zero attached hydrogens (tertiary/aromatic N) is 9. The third kappa shape index (κ3) is 13.4. The Hall–Kier alpha value is -4.34. The Morgan fingerprint density at radius 2 is 1.11 bits per heavy atom. The second-order valence-electron chi connectivity index (χ2n) is 13.4. The van der Waals surface area contributed by atoms with Gasteiger partial charge in [-0.2, -0.15) is 15.3 Å². The SMILES string of the molecule is CNC(=O)c1ccc(-c2cccc([C@H]3O[C@H](CO)[C@@H](O)[C@H](O)[C@@H]3O)c2)cc1-n1cncn1.CNC(=O)c1ccc(Br)cc1-n1cncn1.I.II.O=C(O)c1ccc(Br)cc1-n1cncn1. The Morgan fingerprint density at radius 3 is 1.56 bits per heavy atom.